The summed E-state index contributed by atoms with van der Waals surface area (Å²) in [6.07, 6.45) is 27.8. The summed E-state index contributed by atoms with van der Waals surface area (Å²) in [5.41, 5.74) is 0. The lowest BCUT2D eigenvalue weighted by Gasteiger charge is -2.41. The first-order valence-electron chi connectivity index (χ1n) is 19.4. The van der Waals surface area contributed by atoms with Gasteiger partial charge in [-0.1, -0.05) is 120 Å². The zero-order valence-corrected chi connectivity index (χ0v) is 32.4. The lowest BCUT2D eigenvalue weighted by atomic mass is 9.99. The number of esters is 1. The van der Waals surface area contributed by atoms with E-state index in [1.165, 1.54) is 51.4 Å². The van der Waals surface area contributed by atoms with Crippen molar-refractivity contribution in [2.24, 2.45) is 0 Å². The number of rotatable bonds is 32. The molecule has 0 aromatic rings. The second-order valence-corrected chi connectivity index (χ2v) is 14.2. The van der Waals surface area contributed by atoms with E-state index in [1.54, 1.807) is 0 Å². The highest BCUT2D eigenvalue weighted by molar-refractivity contribution is 7.80. The molecule has 6 atom stereocenters. The third kappa shape index (κ3) is 25.1. The van der Waals surface area contributed by atoms with E-state index >= 15 is 0 Å². The second-order valence-electron chi connectivity index (χ2n) is 13.1. The first kappa shape index (κ1) is 48.1. The van der Waals surface area contributed by atoms with Crippen molar-refractivity contribution in [2.75, 3.05) is 26.4 Å². The molecule has 1 saturated heterocycles. The summed E-state index contributed by atoms with van der Waals surface area (Å²) in [5, 5.41) is 30.2. The first-order chi connectivity index (χ1) is 25.1. The molecule has 1 aliphatic heterocycles. The zero-order chi connectivity index (χ0) is 38.3. The molecule has 1 fully saturated rings. The van der Waals surface area contributed by atoms with Gasteiger partial charge in [0.05, 0.1) is 19.8 Å². The molecule has 1 aliphatic rings. The highest BCUT2D eigenvalue weighted by Gasteiger charge is 2.48. The van der Waals surface area contributed by atoms with Crippen LogP contribution in [0.2, 0.25) is 0 Å². The fourth-order valence-electron chi connectivity index (χ4n) is 5.58. The maximum Gasteiger partial charge on any atom is 0.397 e. The lowest BCUT2D eigenvalue weighted by Crippen LogP contribution is -2.60. The van der Waals surface area contributed by atoms with Crippen LogP contribution >= 0.6 is 0 Å². The fourth-order valence-corrected chi connectivity index (χ4v) is 6.09. The molecule has 1 heterocycles. The molecule has 0 bridgehead atoms. The number of carbonyl (C=O) groups excluding carboxylic acids is 1. The Hall–Kier alpha value is -1.94. The summed E-state index contributed by atoms with van der Waals surface area (Å²) in [5.74, 6) is -0.456. The largest absolute Gasteiger partial charge is 0.457 e. The van der Waals surface area contributed by atoms with Crippen LogP contribution in [0.3, 0.4) is 0 Å². The van der Waals surface area contributed by atoms with Crippen molar-refractivity contribution in [1.82, 2.24) is 0 Å². The van der Waals surface area contributed by atoms with Crippen molar-refractivity contribution in [3.05, 3.63) is 48.6 Å². The van der Waals surface area contributed by atoms with Gasteiger partial charge in [-0.15, -0.1) is 0 Å². The van der Waals surface area contributed by atoms with E-state index in [-0.39, 0.29) is 19.6 Å². The highest BCUT2D eigenvalue weighted by Crippen LogP contribution is 2.26. The number of unbranched alkanes of at least 4 members (excludes halogenated alkanes) is 11. The molecule has 0 aromatic heterocycles. The van der Waals surface area contributed by atoms with Crippen molar-refractivity contribution in [3.63, 3.8) is 0 Å². The predicted molar refractivity (Wildman–Crippen MR) is 202 cm³/mol. The molecule has 0 amide bonds. The number of ether oxygens (including phenoxy) is 4. The van der Waals surface area contributed by atoms with Crippen LogP contribution in [-0.2, 0) is 38.3 Å². The first-order valence-corrected chi connectivity index (χ1v) is 20.8. The van der Waals surface area contributed by atoms with Crippen LogP contribution in [0.4, 0.5) is 0 Å². The number of carbonyl (C=O) groups is 1. The average molecular weight is 761 g/mol. The molecule has 12 nitrogen and oxygen atoms in total. The van der Waals surface area contributed by atoms with Crippen LogP contribution in [0.25, 0.3) is 0 Å². The number of hydrogen-bond acceptors (Lipinski definition) is 11. The molecular formula is C39H68O12S. The smallest absolute Gasteiger partial charge is 0.397 e. The van der Waals surface area contributed by atoms with Gasteiger partial charge in [0.25, 0.3) is 0 Å². The fraction of sp³-hybridized carbons (Fsp3) is 0.769. The maximum atomic E-state index is 12.2. The molecule has 0 saturated carbocycles. The Balaban J connectivity index is 2.15. The number of hydrogen-bond donors (Lipinski definition) is 4. The van der Waals surface area contributed by atoms with Crippen molar-refractivity contribution < 1.29 is 56.2 Å². The Labute approximate surface area is 313 Å². The third-order valence-corrected chi connectivity index (χ3v) is 8.90. The van der Waals surface area contributed by atoms with Gasteiger partial charge in [-0.2, -0.15) is 8.42 Å². The minimum atomic E-state index is -5.04. The van der Waals surface area contributed by atoms with Crippen LogP contribution in [-0.4, -0.2) is 97.5 Å². The van der Waals surface area contributed by atoms with E-state index in [2.05, 4.69) is 59.7 Å². The molecule has 6 unspecified atom stereocenters. The molecule has 13 heteroatoms. The van der Waals surface area contributed by atoms with Crippen LogP contribution in [0, 0.1) is 0 Å². The minimum Gasteiger partial charge on any atom is -0.457 e. The van der Waals surface area contributed by atoms with E-state index in [4.69, 9.17) is 23.5 Å². The highest BCUT2D eigenvalue weighted by atomic mass is 32.3. The molecule has 0 radical (unpaired) electrons. The molecule has 1 rings (SSSR count). The van der Waals surface area contributed by atoms with E-state index in [0.29, 0.717) is 13.0 Å². The van der Waals surface area contributed by atoms with Crippen molar-refractivity contribution >= 4 is 16.4 Å². The van der Waals surface area contributed by atoms with Gasteiger partial charge in [-0.05, 0) is 51.4 Å². The van der Waals surface area contributed by atoms with E-state index in [9.17, 15) is 28.5 Å². The van der Waals surface area contributed by atoms with Crippen LogP contribution in [0.15, 0.2) is 48.6 Å². The van der Waals surface area contributed by atoms with Crippen LogP contribution in [0.5, 0.6) is 0 Å². The molecule has 302 valence electrons. The van der Waals surface area contributed by atoms with Gasteiger partial charge in [0.15, 0.2) is 6.29 Å². The molecular weight excluding hydrogens is 692 g/mol. The van der Waals surface area contributed by atoms with Gasteiger partial charge in [0.1, 0.15) is 30.5 Å². The van der Waals surface area contributed by atoms with Gasteiger partial charge < -0.3 is 34.3 Å². The van der Waals surface area contributed by atoms with Gasteiger partial charge >= 0.3 is 16.4 Å². The molecule has 52 heavy (non-hydrogen) atoms. The van der Waals surface area contributed by atoms with Crippen molar-refractivity contribution in [1.29, 1.82) is 0 Å². The third-order valence-electron chi connectivity index (χ3n) is 8.44. The summed E-state index contributed by atoms with van der Waals surface area (Å²) in [4.78, 5) is 12.2. The Kier molecular flexibility index (Phi) is 29.0. The number of aliphatic hydroxyl groups is 3. The molecule has 0 aromatic carbocycles. The monoisotopic (exact) mass is 760 g/mol. The summed E-state index contributed by atoms with van der Waals surface area (Å²) < 4.78 is 58.0. The lowest BCUT2D eigenvalue weighted by molar-refractivity contribution is -0.301. The number of aliphatic hydroxyl groups excluding tert-OH is 3. The normalized spacial score (nSPS) is 22.0. The molecule has 0 spiro atoms. The van der Waals surface area contributed by atoms with Gasteiger partial charge in [-0.3, -0.25) is 9.35 Å². The summed E-state index contributed by atoms with van der Waals surface area (Å²) in [7, 11) is -5.04. The van der Waals surface area contributed by atoms with Gasteiger partial charge in [-0.25, -0.2) is 4.18 Å². The van der Waals surface area contributed by atoms with Crippen LogP contribution in [0.1, 0.15) is 129 Å². The Morgan fingerprint density at radius 1 is 0.750 bits per heavy atom. The summed E-state index contributed by atoms with van der Waals surface area (Å²) in [6, 6.07) is 0. The van der Waals surface area contributed by atoms with E-state index < -0.39 is 59.8 Å². The quantitative estimate of drug-likeness (QED) is 0.0243. The second kappa shape index (κ2) is 31.4. The predicted octanol–water partition coefficient (Wildman–Crippen LogP) is 6.84. The minimum absolute atomic E-state index is 0.0265. The van der Waals surface area contributed by atoms with Gasteiger partial charge in [0, 0.05) is 13.0 Å². The van der Waals surface area contributed by atoms with E-state index in [0.717, 1.165) is 51.4 Å². The Morgan fingerprint density at radius 3 is 1.83 bits per heavy atom. The topological polar surface area (TPSA) is 178 Å². The Morgan fingerprint density at radius 2 is 1.29 bits per heavy atom. The SMILES string of the molecule is CC/C=C\C/C=C\C/C=C\C/C=C\CCCCCCCCCCCCCOCC(COC1OC(CO)C(O)C(OS(=O)(=O)O)C1O)OC(=O)CCC. The Bertz CT molecular complexity index is 1110. The molecule has 0 aliphatic carbocycles. The van der Waals surface area contributed by atoms with Crippen LogP contribution < -0.4 is 0 Å². The van der Waals surface area contributed by atoms with Crippen molar-refractivity contribution in [2.45, 2.75) is 166 Å². The number of allylic oxidation sites excluding steroid dienone is 8. The summed E-state index contributed by atoms with van der Waals surface area (Å²) >= 11 is 0. The standard InChI is InChI=1S/C39H68O12S/c1-3-5-6-7-8-9-10-11-12-13-14-15-16-17-18-19-20-21-22-23-24-25-26-27-29-47-31-33(49-35(41)28-4-2)32-48-39-37(43)38(51-52(44,45)46)36(42)34(30-40)50-39/h5-6,8-9,11-12,14-15,33-34,36-40,42-43H,3-4,7,10,13,16-32H2,1-2H3,(H,44,45,46)/b6-5-,9-8-,12-11-,15-14-. The van der Waals surface area contributed by atoms with Crippen molar-refractivity contribution in [3.8, 4) is 0 Å². The van der Waals surface area contributed by atoms with E-state index in [1.807, 2.05) is 6.92 Å². The molecule has 4 N–H and O–H groups in total. The maximum absolute atomic E-state index is 12.2. The van der Waals surface area contributed by atoms with Gasteiger partial charge in [0.2, 0.25) is 0 Å². The summed E-state index contributed by atoms with van der Waals surface area (Å²) in [6.45, 7) is 3.45. The average Bonchev–Trinajstić information content (AvgIpc) is 3.10. The zero-order valence-electron chi connectivity index (χ0n) is 31.6.